The Hall–Kier alpha value is -2.50. The molecule has 2 aromatic rings. The fraction of sp³-hybridized carbons (Fsp3) is 0.167. The fourth-order valence-electron chi connectivity index (χ4n) is 1.79. The Balaban J connectivity index is 2.76. The lowest BCUT2D eigenvalue weighted by atomic mass is 10.0. The van der Waals surface area contributed by atoms with Crippen LogP contribution in [0.2, 0.25) is 0 Å². The van der Waals surface area contributed by atoms with Gasteiger partial charge in [-0.2, -0.15) is 0 Å². The van der Waals surface area contributed by atoms with Gasteiger partial charge in [-0.15, -0.1) is 0 Å². The number of carbonyl (C=O) groups is 1. The third-order valence-corrected chi connectivity index (χ3v) is 2.62. The monoisotopic (exact) mass is 248 g/mol. The van der Waals surface area contributed by atoms with Gasteiger partial charge in [0, 0.05) is 5.56 Å². The van der Waals surface area contributed by atoms with E-state index in [-0.39, 0.29) is 11.3 Å². The summed E-state index contributed by atoms with van der Waals surface area (Å²) in [5.41, 5.74) is 0.767. The van der Waals surface area contributed by atoms with E-state index in [1.165, 1.54) is 7.11 Å². The van der Waals surface area contributed by atoms with Crippen LogP contribution in [0.1, 0.15) is 16.1 Å². The van der Waals surface area contributed by atoms with Crippen molar-refractivity contribution in [3.63, 3.8) is 0 Å². The van der Waals surface area contributed by atoms with Gasteiger partial charge < -0.3 is 9.84 Å². The molecule has 0 aliphatic carbocycles. The molecule has 0 spiro atoms. The highest BCUT2D eigenvalue weighted by atomic mass is 16.5. The predicted octanol–water partition coefficient (Wildman–Crippen LogP) is 1.39. The molecule has 0 aliphatic heterocycles. The molecule has 18 heavy (non-hydrogen) atoms. The largest absolute Gasteiger partial charge is 0.496 e. The SMILES string of the molecule is COc1ccc(C)cc1-c1c(C(=O)O)[nH][nH]c1=O. The van der Waals surface area contributed by atoms with E-state index in [9.17, 15) is 9.59 Å². The maximum absolute atomic E-state index is 11.7. The van der Waals surface area contributed by atoms with Gasteiger partial charge in [0.25, 0.3) is 5.56 Å². The molecule has 0 fully saturated rings. The molecule has 0 aliphatic rings. The predicted molar refractivity (Wildman–Crippen MR) is 65.1 cm³/mol. The highest BCUT2D eigenvalue weighted by molar-refractivity contribution is 5.94. The summed E-state index contributed by atoms with van der Waals surface area (Å²) in [4.78, 5) is 22.8. The zero-order chi connectivity index (χ0) is 13.3. The van der Waals surface area contributed by atoms with Crippen molar-refractivity contribution in [3.8, 4) is 16.9 Å². The molecule has 0 radical (unpaired) electrons. The van der Waals surface area contributed by atoms with E-state index in [0.717, 1.165) is 5.56 Å². The molecule has 6 nitrogen and oxygen atoms in total. The van der Waals surface area contributed by atoms with Gasteiger partial charge >= 0.3 is 5.97 Å². The first-order valence-electron chi connectivity index (χ1n) is 5.23. The van der Waals surface area contributed by atoms with E-state index < -0.39 is 11.5 Å². The molecule has 1 aromatic carbocycles. The molecule has 6 heteroatoms. The minimum Gasteiger partial charge on any atom is -0.496 e. The maximum atomic E-state index is 11.7. The summed E-state index contributed by atoms with van der Waals surface area (Å²) < 4.78 is 5.15. The van der Waals surface area contributed by atoms with Crippen LogP contribution in [0, 0.1) is 6.92 Å². The normalized spacial score (nSPS) is 10.3. The first-order valence-corrected chi connectivity index (χ1v) is 5.23. The molecule has 1 heterocycles. The minimum absolute atomic E-state index is 0.0723. The van der Waals surface area contributed by atoms with Crippen LogP contribution in [0.3, 0.4) is 0 Å². The van der Waals surface area contributed by atoms with Crippen LogP contribution in [0.4, 0.5) is 0 Å². The second-order valence-corrected chi connectivity index (χ2v) is 3.84. The first-order chi connectivity index (χ1) is 8.54. The molecule has 0 saturated heterocycles. The number of rotatable bonds is 3. The second kappa shape index (κ2) is 4.40. The third-order valence-electron chi connectivity index (χ3n) is 2.62. The highest BCUT2D eigenvalue weighted by Crippen LogP contribution is 2.30. The number of hydrogen-bond donors (Lipinski definition) is 3. The number of nitrogens with one attached hydrogen (secondary N) is 2. The Morgan fingerprint density at radius 2 is 2.06 bits per heavy atom. The Bertz CT molecular complexity index is 654. The van der Waals surface area contributed by atoms with Crippen molar-refractivity contribution in [3.05, 3.63) is 39.8 Å². The number of H-pyrrole nitrogens is 2. The zero-order valence-electron chi connectivity index (χ0n) is 9.90. The zero-order valence-corrected chi connectivity index (χ0v) is 9.90. The molecule has 3 N–H and O–H groups in total. The molecule has 0 amide bonds. The number of hydrogen-bond acceptors (Lipinski definition) is 3. The van der Waals surface area contributed by atoms with Crippen LogP contribution in [0.15, 0.2) is 23.0 Å². The van der Waals surface area contributed by atoms with E-state index in [1.54, 1.807) is 12.1 Å². The maximum Gasteiger partial charge on any atom is 0.354 e. The number of benzene rings is 1. The standard InChI is InChI=1S/C12H12N2O4/c1-6-3-4-8(18-2)7(5-6)9-10(12(16)17)13-14-11(9)15/h3-5H,1-2H3,(H,16,17)(H2,13,14,15). The van der Waals surface area contributed by atoms with Gasteiger partial charge in [-0.3, -0.25) is 15.0 Å². The van der Waals surface area contributed by atoms with Gasteiger partial charge in [0.15, 0.2) is 5.69 Å². The van der Waals surface area contributed by atoms with Gasteiger partial charge in [0.05, 0.1) is 12.7 Å². The van der Waals surface area contributed by atoms with Crippen LogP contribution in [0.25, 0.3) is 11.1 Å². The number of carboxylic acids is 1. The molecule has 0 unspecified atom stereocenters. The number of aromatic carboxylic acids is 1. The molecular weight excluding hydrogens is 236 g/mol. The number of aromatic amines is 2. The fourth-order valence-corrected chi connectivity index (χ4v) is 1.79. The van der Waals surface area contributed by atoms with Gasteiger partial charge in [0.2, 0.25) is 0 Å². The average Bonchev–Trinajstić information content (AvgIpc) is 2.71. The van der Waals surface area contributed by atoms with Crippen molar-refractivity contribution < 1.29 is 14.6 Å². The summed E-state index contributed by atoms with van der Waals surface area (Å²) in [5, 5.41) is 13.7. The summed E-state index contributed by atoms with van der Waals surface area (Å²) in [7, 11) is 1.47. The molecule has 0 saturated carbocycles. The molecule has 0 bridgehead atoms. The second-order valence-electron chi connectivity index (χ2n) is 3.84. The molecular formula is C12H12N2O4. The number of aryl methyl sites for hydroxylation is 1. The molecule has 2 rings (SSSR count). The van der Waals surface area contributed by atoms with Crippen LogP contribution in [-0.2, 0) is 0 Å². The van der Waals surface area contributed by atoms with E-state index in [0.29, 0.717) is 11.3 Å². The Morgan fingerprint density at radius 1 is 1.33 bits per heavy atom. The average molecular weight is 248 g/mol. The lowest BCUT2D eigenvalue weighted by molar-refractivity contribution is 0.0691. The lowest BCUT2D eigenvalue weighted by Gasteiger charge is -2.08. The topological polar surface area (TPSA) is 95.2 Å². The summed E-state index contributed by atoms with van der Waals surface area (Å²) >= 11 is 0. The van der Waals surface area contributed by atoms with Crippen molar-refractivity contribution in [1.29, 1.82) is 0 Å². The van der Waals surface area contributed by atoms with E-state index >= 15 is 0 Å². The van der Waals surface area contributed by atoms with Crippen LogP contribution in [-0.4, -0.2) is 28.4 Å². The summed E-state index contributed by atoms with van der Waals surface area (Å²) in [6.45, 7) is 1.85. The van der Waals surface area contributed by atoms with Crippen molar-refractivity contribution in [2.24, 2.45) is 0 Å². The lowest BCUT2D eigenvalue weighted by Crippen LogP contribution is -2.06. The highest BCUT2D eigenvalue weighted by Gasteiger charge is 2.20. The van der Waals surface area contributed by atoms with Gasteiger partial charge in [-0.1, -0.05) is 11.6 Å². The summed E-state index contributed by atoms with van der Waals surface area (Å²) in [6.07, 6.45) is 0. The quantitative estimate of drug-likeness (QED) is 0.764. The number of aromatic nitrogens is 2. The van der Waals surface area contributed by atoms with E-state index in [2.05, 4.69) is 10.2 Å². The van der Waals surface area contributed by atoms with Gasteiger partial charge in [-0.25, -0.2) is 4.79 Å². The van der Waals surface area contributed by atoms with Gasteiger partial charge in [0.1, 0.15) is 5.75 Å². The molecule has 0 atom stereocenters. The smallest absolute Gasteiger partial charge is 0.354 e. The third kappa shape index (κ3) is 1.88. The van der Waals surface area contributed by atoms with Crippen molar-refractivity contribution in [2.75, 3.05) is 7.11 Å². The Kier molecular flexibility index (Phi) is 2.93. The van der Waals surface area contributed by atoms with Crippen molar-refractivity contribution >= 4 is 5.97 Å². The number of ether oxygens (including phenoxy) is 1. The van der Waals surface area contributed by atoms with Crippen molar-refractivity contribution in [2.45, 2.75) is 6.92 Å². The first kappa shape index (κ1) is 12.0. The number of methoxy groups -OCH3 is 1. The summed E-state index contributed by atoms with van der Waals surface area (Å²) in [6, 6.07) is 5.23. The van der Waals surface area contributed by atoms with Crippen LogP contribution >= 0.6 is 0 Å². The Morgan fingerprint density at radius 3 is 2.67 bits per heavy atom. The summed E-state index contributed by atoms with van der Waals surface area (Å²) in [5.74, 6) is -0.750. The van der Waals surface area contributed by atoms with E-state index in [4.69, 9.17) is 9.84 Å². The molecule has 1 aromatic heterocycles. The van der Waals surface area contributed by atoms with Gasteiger partial charge in [-0.05, 0) is 19.1 Å². The van der Waals surface area contributed by atoms with Crippen LogP contribution < -0.4 is 10.3 Å². The molecule has 94 valence electrons. The van der Waals surface area contributed by atoms with E-state index in [1.807, 2.05) is 13.0 Å². The van der Waals surface area contributed by atoms with Crippen molar-refractivity contribution in [1.82, 2.24) is 10.2 Å². The minimum atomic E-state index is -1.20. The Labute approximate surface area is 102 Å². The number of carboxylic acid groups (broad SMARTS) is 1. The van der Waals surface area contributed by atoms with Crippen LogP contribution in [0.5, 0.6) is 5.75 Å².